The molecule has 23 heavy (non-hydrogen) atoms. The molecule has 2 rings (SSSR count). The van der Waals surface area contributed by atoms with Gasteiger partial charge < -0.3 is 15.3 Å². The van der Waals surface area contributed by atoms with Gasteiger partial charge in [-0.25, -0.2) is 0 Å². The molecule has 0 aromatic heterocycles. The zero-order chi connectivity index (χ0) is 16.9. The summed E-state index contributed by atoms with van der Waals surface area (Å²) in [5.74, 6) is 0.428. The summed E-state index contributed by atoms with van der Waals surface area (Å²) in [6.45, 7) is 9.05. The molecule has 1 saturated heterocycles. The summed E-state index contributed by atoms with van der Waals surface area (Å²) >= 11 is 0. The highest BCUT2D eigenvalue weighted by Gasteiger charge is 2.27. The summed E-state index contributed by atoms with van der Waals surface area (Å²) in [7, 11) is 0. The van der Waals surface area contributed by atoms with E-state index in [0.717, 1.165) is 18.7 Å². The second-order valence-corrected chi connectivity index (χ2v) is 7.22. The first-order chi connectivity index (χ1) is 10.9. The molecule has 1 amide bonds. The number of hydrogen-bond acceptors (Lipinski definition) is 3. The first kappa shape index (κ1) is 18.0. The van der Waals surface area contributed by atoms with Gasteiger partial charge in [0.25, 0.3) is 0 Å². The maximum Gasteiger partial charge on any atom is 0.223 e. The normalized spacial score (nSPS) is 21.9. The van der Waals surface area contributed by atoms with Crippen LogP contribution >= 0.6 is 0 Å². The molecular formula is C19H30N2O2. The standard InChI is InChI=1S/C19H30N2O2/c1-15(2)21-11-7-8-16(14-21)13-20-18(22)12-19(3,23)17-9-5-4-6-10-17/h4-6,9-10,15-16,23H,7-8,11-14H2,1-3H3,(H,20,22). The third kappa shape index (κ3) is 5.33. The summed E-state index contributed by atoms with van der Waals surface area (Å²) in [6, 6.07) is 9.94. The second kappa shape index (κ2) is 7.93. The van der Waals surface area contributed by atoms with E-state index in [9.17, 15) is 9.90 Å². The van der Waals surface area contributed by atoms with Crippen molar-refractivity contribution in [2.75, 3.05) is 19.6 Å². The Balaban J connectivity index is 1.81. The molecular weight excluding hydrogens is 288 g/mol. The number of benzene rings is 1. The van der Waals surface area contributed by atoms with Gasteiger partial charge in [0.2, 0.25) is 5.91 Å². The van der Waals surface area contributed by atoms with E-state index in [4.69, 9.17) is 0 Å². The number of amides is 1. The molecule has 0 bridgehead atoms. The number of likely N-dealkylation sites (tertiary alicyclic amines) is 1. The molecule has 0 saturated carbocycles. The van der Waals surface area contributed by atoms with E-state index in [1.807, 2.05) is 30.3 Å². The Bertz CT molecular complexity index is 499. The largest absolute Gasteiger partial charge is 0.385 e. The molecule has 0 aliphatic carbocycles. The zero-order valence-electron chi connectivity index (χ0n) is 14.6. The van der Waals surface area contributed by atoms with Crippen LogP contribution in [0.5, 0.6) is 0 Å². The molecule has 1 aromatic carbocycles. The lowest BCUT2D eigenvalue weighted by molar-refractivity contribution is -0.126. The molecule has 1 heterocycles. The molecule has 2 unspecified atom stereocenters. The number of nitrogens with zero attached hydrogens (tertiary/aromatic N) is 1. The predicted molar refractivity (Wildman–Crippen MR) is 93.1 cm³/mol. The van der Waals surface area contributed by atoms with Gasteiger partial charge in [0.15, 0.2) is 0 Å². The van der Waals surface area contributed by atoms with E-state index in [1.165, 1.54) is 12.8 Å². The van der Waals surface area contributed by atoms with Gasteiger partial charge in [0.05, 0.1) is 12.0 Å². The molecule has 0 spiro atoms. The highest BCUT2D eigenvalue weighted by Crippen LogP contribution is 2.24. The Kier molecular flexibility index (Phi) is 6.19. The fourth-order valence-electron chi connectivity index (χ4n) is 3.27. The van der Waals surface area contributed by atoms with Gasteiger partial charge >= 0.3 is 0 Å². The van der Waals surface area contributed by atoms with Gasteiger partial charge in [-0.2, -0.15) is 0 Å². The van der Waals surface area contributed by atoms with Crippen LogP contribution in [0.4, 0.5) is 0 Å². The summed E-state index contributed by atoms with van der Waals surface area (Å²) in [4.78, 5) is 14.7. The predicted octanol–water partition coefficient (Wildman–Crippen LogP) is 2.52. The van der Waals surface area contributed by atoms with Crippen molar-refractivity contribution in [3.63, 3.8) is 0 Å². The van der Waals surface area contributed by atoms with Crippen LogP contribution in [0.2, 0.25) is 0 Å². The number of piperidine rings is 1. The lowest BCUT2D eigenvalue weighted by Crippen LogP contribution is -2.44. The maximum atomic E-state index is 12.2. The minimum Gasteiger partial charge on any atom is -0.385 e. The first-order valence-electron chi connectivity index (χ1n) is 8.67. The summed E-state index contributed by atoms with van der Waals surface area (Å²) in [6.07, 6.45) is 2.46. The van der Waals surface area contributed by atoms with Gasteiger partial charge in [0.1, 0.15) is 0 Å². The maximum absolute atomic E-state index is 12.2. The second-order valence-electron chi connectivity index (χ2n) is 7.22. The Morgan fingerprint density at radius 3 is 2.74 bits per heavy atom. The minimum atomic E-state index is -1.12. The van der Waals surface area contributed by atoms with E-state index >= 15 is 0 Å². The third-order valence-corrected chi connectivity index (χ3v) is 4.77. The van der Waals surface area contributed by atoms with E-state index in [1.54, 1.807) is 6.92 Å². The molecule has 2 N–H and O–H groups in total. The van der Waals surface area contributed by atoms with Crippen molar-refractivity contribution in [2.24, 2.45) is 5.92 Å². The molecule has 4 nitrogen and oxygen atoms in total. The van der Waals surface area contributed by atoms with Crippen LogP contribution in [-0.4, -0.2) is 41.6 Å². The minimum absolute atomic E-state index is 0.0828. The Morgan fingerprint density at radius 2 is 2.09 bits per heavy atom. The van der Waals surface area contributed by atoms with Crippen LogP contribution < -0.4 is 5.32 Å². The highest BCUT2D eigenvalue weighted by atomic mass is 16.3. The van der Waals surface area contributed by atoms with E-state index in [0.29, 0.717) is 18.5 Å². The van der Waals surface area contributed by atoms with Gasteiger partial charge in [0, 0.05) is 19.1 Å². The van der Waals surface area contributed by atoms with Crippen LogP contribution in [0.25, 0.3) is 0 Å². The summed E-state index contributed by atoms with van der Waals surface area (Å²) < 4.78 is 0. The van der Waals surface area contributed by atoms with E-state index < -0.39 is 5.60 Å². The van der Waals surface area contributed by atoms with Crippen LogP contribution in [0.15, 0.2) is 30.3 Å². The Labute approximate surface area is 139 Å². The topological polar surface area (TPSA) is 52.6 Å². The Morgan fingerprint density at radius 1 is 1.39 bits per heavy atom. The monoisotopic (exact) mass is 318 g/mol. The zero-order valence-corrected chi connectivity index (χ0v) is 14.6. The van der Waals surface area contributed by atoms with Crippen LogP contribution in [0.3, 0.4) is 0 Å². The van der Waals surface area contributed by atoms with Crippen LogP contribution in [0, 0.1) is 5.92 Å². The molecule has 2 atom stereocenters. The smallest absolute Gasteiger partial charge is 0.223 e. The van der Waals surface area contributed by atoms with Crippen molar-refractivity contribution in [1.29, 1.82) is 0 Å². The van der Waals surface area contributed by atoms with Gasteiger partial charge in [-0.15, -0.1) is 0 Å². The van der Waals surface area contributed by atoms with Crippen molar-refractivity contribution >= 4 is 5.91 Å². The number of rotatable bonds is 6. The van der Waals surface area contributed by atoms with E-state index in [-0.39, 0.29) is 12.3 Å². The first-order valence-corrected chi connectivity index (χ1v) is 8.67. The molecule has 1 aromatic rings. The van der Waals surface area contributed by atoms with Crippen molar-refractivity contribution in [2.45, 2.75) is 51.7 Å². The van der Waals surface area contributed by atoms with Gasteiger partial charge in [-0.1, -0.05) is 30.3 Å². The highest BCUT2D eigenvalue weighted by molar-refractivity contribution is 5.77. The summed E-state index contributed by atoms with van der Waals surface area (Å²) in [5, 5.41) is 13.6. The average molecular weight is 318 g/mol. The number of aliphatic hydroxyl groups is 1. The quantitative estimate of drug-likeness (QED) is 0.847. The van der Waals surface area contributed by atoms with Crippen LogP contribution in [-0.2, 0) is 10.4 Å². The van der Waals surface area contributed by atoms with E-state index in [2.05, 4.69) is 24.1 Å². The Hall–Kier alpha value is -1.39. The summed E-state index contributed by atoms with van der Waals surface area (Å²) in [5.41, 5.74) is -0.346. The van der Waals surface area contributed by atoms with Crippen molar-refractivity contribution in [3.05, 3.63) is 35.9 Å². The van der Waals surface area contributed by atoms with Crippen molar-refractivity contribution < 1.29 is 9.90 Å². The SMILES string of the molecule is CC(C)N1CCCC(CNC(=O)CC(C)(O)c2ccccc2)C1. The molecule has 1 fully saturated rings. The fourth-order valence-corrected chi connectivity index (χ4v) is 3.27. The van der Waals surface area contributed by atoms with Gasteiger partial charge in [-0.3, -0.25) is 4.79 Å². The molecule has 1 aliphatic heterocycles. The molecule has 4 heteroatoms. The van der Waals surface area contributed by atoms with Crippen molar-refractivity contribution in [3.8, 4) is 0 Å². The lowest BCUT2D eigenvalue weighted by Gasteiger charge is -2.35. The van der Waals surface area contributed by atoms with Gasteiger partial charge in [-0.05, 0) is 51.6 Å². The van der Waals surface area contributed by atoms with Crippen molar-refractivity contribution in [1.82, 2.24) is 10.2 Å². The number of carbonyl (C=O) groups is 1. The number of hydrogen-bond donors (Lipinski definition) is 2. The number of nitrogens with one attached hydrogen (secondary N) is 1. The number of carbonyl (C=O) groups excluding carboxylic acids is 1. The average Bonchev–Trinajstić information content (AvgIpc) is 2.53. The third-order valence-electron chi connectivity index (χ3n) is 4.77. The molecule has 128 valence electrons. The molecule has 1 aliphatic rings. The van der Waals surface area contributed by atoms with Crippen LogP contribution in [0.1, 0.15) is 45.6 Å². The lowest BCUT2D eigenvalue weighted by atomic mass is 9.92. The molecule has 0 radical (unpaired) electrons. The fraction of sp³-hybridized carbons (Fsp3) is 0.632.